The average molecular weight is 212 g/mol. The van der Waals surface area contributed by atoms with Crippen LogP contribution in [0.5, 0.6) is 0 Å². The Morgan fingerprint density at radius 2 is 2.27 bits per heavy atom. The Labute approximate surface area is 86.5 Å². The third-order valence-electron chi connectivity index (χ3n) is 1.83. The average Bonchev–Trinajstić information content (AvgIpc) is 2.61. The minimum Gasteiger partial charge on any atom is -0.476 e. The molecule has 1 heterocycles. The van der Waals surface area contributed by atoms with Crippen LogP contribution >= 0.6 is 0 Å². The van der Waals surface area contributed by atoms with Gasteiger partial charge in [-0.2, -0.15) is 5.10 Å². The van der Waals surface area contributed by atoms with Gasteiger partial charge in [0.25, 0.3) is 0 Å². The fourth-order valence-electron chi connectivity index (χ4n) is 1.17. The number of aromatic carboxylic acids is 1. The number of carbonyl (C=O) groups excluding carboxylic acids is 1. The molecule has 0 saturated heterocycles. The maximum Gasteiger partial charge on any atom is 0.356 e. The van der Waals surface area contributed by atoms with Crippen molar-refractivity contribution in [2.75, 3.05) is 7.11 Å². The molecule has 0 aliphatic rings. The zero-order valence-corrected chi connectivity index (χ0v) is 8.56. The van der Waals surface area contributed by atoms with Crippen LogP contribution in [-0.2, 0) is 11.3 Å². The van der Waals surface area contributed by atoms with E-state index in [1.54, 1.807) is 0 Å². The lowest BCUT2D eigenvalue weighted by Crippen LogP contribution is -2.11. The van der Waals surface area contributed by atoms with Crippen LogP contribution in [0.25, 0.3) is 0 Å². The molecule has 6 nitrogen and oxygen atoms in total. The normalized spacial score (nSPS) is 10.0. The Hall–Kier alpha value is -1.85. The molecule has 0 radical (unpaired) electrons. The van der Waals surface area contributed by atoms with Gasteiger partial charge in [-0.3, -0.25) is 4.68 Å². The van der Waals surface area contributed by atoms with Gasteiger partial charge in [0.15, 0.2) is 5.69 Å². The maximum atomic E-state index is 11.3. The van der Waals surface area contributed by atoms with E-state index in [4.69, 9.17) is 5.11 Å². The molecule has 0 aliphatic heterocycles. The van der Waals surface area contributed by atoms with Crippen molar-refractivity contribution >= 4 is 11.9 Å². The first-order valence-electron chi connectivity index (χ1n) is 4.49. The predicted octanol–water partition coefficient (Wildman–Crippen LogP) is 0.778. The lowest BCUT2D eigenvalue weighted by Gasteiger charge is -2.02. The Kier molecular flexibility index (Phi) is 3.43. The van der Waals surface area contributed by atoms with Crippen molar-refractivity contribution in [2.45, 2.75) is 19.9 Å². The van der Waals surface area contributed by atoms with E-state index in [-0.39, 0.29) is 11.4 Å². The van der Waals surface area contributed by atoms with Gasteiger partial charge in [-0.05, 0) is 6.42 Å². The minimum absolute atomic E-state index is 0.149. The molecule has 1 aromatic heterocycles. The smallest absolute Gasteiger partial charge is 0.356 e. The molecule has 0 saturated carbocycles. The number of aromatic nitrogens is 2. The van der Waals surface area contributed by atoms with E-state index in [2.05, 4.69) is 9.84 Å². The van der Waals surface area contributed by atoms with Gasteiger partial charge in [0, 0.05) is 12.6 Å². The van der Waals surface area contributed by atoms with Gasteiger partial charge >= 0.3 is 11.9 Å². The van der Waals surface area contributed by atoms with Gasteiger partial charge in [-0.1, -0.05) is 6.92 Å². The third-order valence-corrected chi connectivity index (χ3v) is 1.83. The number of ether oxygens (including phenoxy) is 1. The molecule has 0 aromatic carbocycles. The molecule has 0 atom stereocenters. The summed E-state index contributed by atoms with van der Waals surface area (Å²) in [5.41, 5.74) is 0.0144. The number of hydrogen-bond donors (Lipinski definition) is 1. The van der Waals surface area contributed by atoms with E-state index >= 15 is 0 Å². The number of carbonyl (C=O) groups is 2. The quantitative estimate of drug-likeness (QED) is 0.746. The van der Waals surface area contributed by atoms with E-state index in [1.165, 1.54) is 17.9 Å². The van der Waals surface area contributed by atoms with Gasteiger partial charge in [-0.15, -0.1) is 0 Å². The summed E-state index contributed by atoms with van der Waals surface area (Å²) in [4.78, 5) is 21.9. The molecule has 0 spiro atoms. The highest BCUT2D eigenvalue weighted by atomic mass is 16.5. The van der Waals surface area contributed by atoms with Crippen LogP contribution in [0.3, 0.4) is 0 Å². The van der Waals surface area contributed by atoms with Crippen LogP contribution in [-0.4, -0.2) is 33.9 Å². The first kappa shape index (κ1) is 11.2. The number of carboxylic acids is 1. The highest BCUT2D eigenvalue weighted by Gasteiger charge is 2.18. The zero-order valence-electron chi connectivity index (χ0n) is 8.56. The highest BCUT2D eigenvalue weighted by molar-refractivity contribution is 5.92. The van der Waals surface area contributed by atoms with E-state index in [9.17, 15) is 9.59 Å². The summed E-state index contributed by atoms with van der Waals surface area (Å²) in [7, 11) is 1.24. The fourth-order valence-corrected chi connectivity index (χ4v) is 1.17. The number of esters is 1. The van der Waals surface area contributed by atoms with E-state index in [1.807, 2.05) is 6.92 Å². The van der Waals surface area contributed by atoms with Gasteiger partial charge in [-0.25, -0.2) is 9.59 Å². The van der Waals surface area contributed by atoms with Crippen molar-refractivity contribution in [3.63, 3.8) is 0 Å². The van der Waals surface area contributed by atoms with Crippen molar-refractivity contribution in [3.8, 4) is 0 Å². The molecule has 0 amide bonds. The molecule has 0 fully saturated rings. The summed E-state index contributed by atoms with van der Waals surface area (Å²) in [6.07, 6.45) is 0.755. The predicted molar refractivity (Wildman–Crippen MR) is 50.8 cm³/mol. The summed E-state index contributed by atoms with van der Waals surface area (Å²) in [5.74, 6) is -1.74. The second kappa shape index (κ2) is 4.59. The largest absolute Gasteiger partial charge is 0.476 e. The molecule has 1 N–H and O–H groups in total. The van der Waals surface area contributed by atoms with Crippen LogP contribution in [0.4, 0.5) is 0 Å². The van der Waals surface area contributed by atoms with Gasteiger partial charge in [0.1, 0.15) is 5.69 Å². The summed E-state index contributed by atoms with van der Waals surface area (Å²) in [5, 5.41) is 12.5. The summed E-state index contributed by atoms with van der Waals surface area (Å²) >= 11 is 0. The Morgan fingerprint density at radius 1 is 1.60 bits per heavy atom. The molecule has 0 aliphatic carbocycles. The van der Waals surface area contributed by atoms with E-state index in [0.717, 1.165) is 6.42 Å². The van der Waals surface area contributed by atoms with E-state index < -0.39 is 11.9 Å². The second-order valence-corrected chi connectivity index (χ2v) is 2.93. The molecule has 6 heteroatoms. The van der Waals surface area contributed by atoms with Gasteiger partial charge in [0.05, 0.1) is 7.11 Å². The molecular weight excluding hydrogens is 200 g/mol. The van der Waals surface area contributed by atoms with Crippen LogP contribution in [0.15, 0.2) is 6.07 Å². The molecule has 1 rings (SSSR count). The van der Waals surface area contributed by atoms with Crippen LogP contribution in [0, 0.1) is 0 Å². The van der Waals surface area contributed by atoms with Crippen molar-refractivity contribution in [3.05, 3.63) is 17.5 Å². The standard InChI is InChI=1S/C9H12N2O4/c1-3-4-11-7(9(14)15-2)5-6(10-11)8(12)13/h5H,3-4H2,1-2H3,(H,12,13). The summed E-state index contributed by atoms with van der Waals surface area (Å²) in [6, 6.07) is 1.21. The van der Waals surface area contributed by atoms with Crippen LogP contribution in [0.1, 0.15) is 34.3 Å². The van der Waals surface area contributed by atoms with Crippen molar-refractivity contribution in [2.24, 2.45) is 0 Å². The number of methoxy groups -OCH3 is 1. The second-order valence-electron chi connectivity index (χ2n) is 2.93. The Balaban J connectivity index is 3.11. The number of rotatable bonds is 4. The van der Waals surface area contributed by atoms with Crippen molar-refractivity contribution in [1.29, 1.82) is 0 Å². The Morgan fingerprint density at radius 3 is 2.73 bits per heavy atom. The van der Waals surface area contributed by atoms with E-state index in [0.29, 0.717) is 6.54 Å². The van der Waals surface area contributed by atoms with Crippen LogP contribution in [0.2, 0.25) is 0 Å². The first-order valence-corrected chi connectivity index (χ1v) is 4.49. The lowest BCUT2D eigenvalue weighted by atomic mass is 10.3. The molecular formula is C9H12N2O4. The Bertz CT molecular complexity index is 383. The van der Waals surface area contributed by atoms with Crippen molar-refractivity contribution in [1.82, 2.24) is 9.78 Å². The number of hydrogen-bond acceptors (Lipinski definition) is 4. The molecule has 0 bridgehead atoms. The molecule has 0 unspecified atom stereocenters. The highest BCUT2D eigenvalue weighted by Crippen LogP contribution is 2.07. The summed E-state index contributed by atoms with van der Waals surface area (Å²) < 4.78 is 5.87. The van der Waals surface area contributed by atoms with Gasteiger partial charge in [0.2, 0.25) is 0 Å². The SMILES string of the molecule is CCCn1nc(C(=O)O)cc1C(=O)OC. The summed E-state index contributed by atoms with van der Waals surface area (Å²) in [6.45, 7) is 2.39. The zero-order chi connectivity index (χ0) is 11.4. The molecule has 1 aromatic rings. The first-order chi connectivity index (χ1) is 7.10. The number of nitrogens with zero attached hydrogens (tertiary/aromatic N) is 2. The number of carboxylic acid groups (broad SMARTS) is 1. The lowest BCUT2D eigenvalue weighted by molar-refractivity contribution is 0.0585. The monoisotopic (exact) mass is 212 g/mol. The molecule has 82 valence electrons. The third kappa shape index (κ3) is 2.34. The molecule has 15 heavy (non-hydrogen) atoms. The van der Waals surface area contributed by atoms with Gasteiger partial charge < -0.3 is 9.84 Å². The minimum atomic E-state index is -1.16. The maximum absolute atomic E-state index is 11.3. The topological polar surface area (TPSA) is 81.4 Å². The number of aryl methyl sites for hydroxylation is 1. The van der Waals surface area contributed by atoms with Crippen molar-refractivity contribution < 1.29 is 19.4 Å². The van der Waals surface area contributed by atoms with Crippen LogP contribution < -0.4 is 0 Å². The fraction of sp³-hybridized carbons (Fsp3) is 0.444.